The zero-order valence-corrected chi connectivity index (χ0v) is 14.0. The molecule has 4 nitrogen and oxygen atoms in total. The Morgan fingerprint density at radius 3 is 2.87 bits per heavy atom. The Balaban J connectivity index is 1.66. The van der Waals surface area contributed by atoms with E-state index in [0.717, 1.165) is 18.0 Å². The number of para-hydroxylation sites is 2. The van der Waals surface area contributed by atoms with Crippen molar-refractivity contribution in [2.24, 2.45) is 0 Å². The van der Waals surface area contributed by atoms with Crippen LogP contribution in [0.3, 0.4) is 0 Å². The van der Waals surface area contributed by atoms with Crippen LogP contribution in [0.2, 0.25) is 5.02 Å². The van der Waals surface area contributed by atoms with E-state index < -0.39 is 5.24 Å². The van der Waals surface area contributed by atoms with Crippen molar-refractivity contribution >= 4 is 34.1 Å². The van der Waals surface area contributed by atoms with Crippen molar-refractivity contribution in [1.82, 2.24) is 0 Å². The summed E-state index contributed by atoms with van der Waals surface area (Å²) < 4.78 is 11.7. The third-order valence-corrected chi connectivity index (χ3v) is 4.15. The third kappa shape index (κ3) is 3.54. The number of rotatable bonds is 4. The van der Waals surface area contributed by atoms with Crippen molar-refractivity contribution in [3.63, 3.8) is 0 Å². The third-order valence-electron chi connectivity index (χ3n) is 3.64. The zero-order chi connectivity index (χ0) is 16.4. The molecule has 23 heavy (non-hydrogen) atoms. The van der Waals surface area contributed by atoms with E-state index in [9.17, 15) is 4.79 Å². The fraction of sp³-hybridized carbons (Fsp3) is 0.235. The molecule has 0 unspecified atom stereocenters. The second-order valence-corrected chi connectivity index (χ2v) is 6.06. The summed E-state index contributed by atoms with van der Waals surface area (Å²) in [6.07, 6.45) is -0.0944. The number of nitrogens with zero attached hydrogens (tertiary/aromatic N) is 1. The van der Waals surface area contributed by atoms with Crippen molar-refractivity contribution in [1.29, 1.82) is 0 Å². The van der Waals surface area contributed by atoms with Crippen molar-refractivity contribution in [3.05, 3.63) is 53.1 Å². The summed E-state index contributed by atoms with van der Waals surface area (Å²) in [5.41, 5.74) is 1.33. The van der Waals surface area contributed by atoms with Crippen LogP contribution in [0, 0.1) is 0 Å². The first-order chi connectivity index (χ1) is 11.0. The number of fused-ring (bicyclic) bond motifs is 1. The molecule has 2 aromatic carbocycles. The predicted octanol–water partition coefficient (Wildman–Crippen LogP) is 4.00. The molecule has 6 heteroatoms. The van der Waals surface area contributed by atoms with Gasteiger partial charge in [-0.15, -0.1) is 0 Å². The van der Waals surface area contributed by atoms with Gasteiger partial charge in [-0.3, -0.25) is 4.79 Å². The first kappa shape index (κ1) is 16.0. The number of hydrogen-bond donors (Lipinski definition) is 0. The lowest BCUT2D eigenvalue weighted by Gasteiger charge is -2.33. The Labute approximate surface area is 144 Å². The highest BCUT2D eigenvalue weighted by Gasteiger charge is 2.23. The molecule has 0 radical (unpaired) electrons. The van der Waals surface area contributed by atoms with Gasteiger partial charge >= 0.3 is 0 Å². The van der Waals surface area contributed by atoms with Gasteiger partial charge in [0.15, 0.2) is 0 Å². The first-order valence-electron chi connectivity index (χ1n) is 7.13. The van der Waals surface area contributed by atoms with Gasteiger partial charge < -0.3 is 14.4 Å². The van der Waals surface area contributed by atoms with Crippen LogP contribution in [0.5, 0.6) is 11.5 Å². The van der Waals surface area contributed by atoms with Gasteiger partial charge in [-0.25, -0.2) is 0 Å². The van der Waals surface area contributed by atoms with Crippen LogP contribution in [-0.4, -0.2) is 31.5 Å². The van der Waals surface area contributed by atoms with Crippen LogP contribution in [0.1, 0.15) is 10.4 Å². The SMILES string of the molecule is CN1C[C@@H](COc2ccc(C(=O)Cl)c(Cl)c2)Oc2ccccc21. The lowest BCUT2D eigenvalue weighted by molar-refractivity contribution is 0.108. The van der Waals surface area contributed by atoms with Gasteiger partial charge in [-0.1, -0.05) is 23.7 Å². The van der Waals surface area contributed by atoms with Crippen LogP contribution in [-0.2, 0) is 0 Å². The fourth-order valence-electron chi connectivity index (χ4n) is 2.51. The molecule has 0 aliphatic carbocycles. The number of carbonyl (C=O) groups excluding carboxylic acids is 1. The second-order valence-electron chi connectivity index (χ2n) is 5.31. The van der Waals surface area contributed by atoms with E-state index >= 15 is 0 Å². The number of anilines is 1. The first-order valence-corrected chi connectivity index (χ1v) is 7.89. The van der Waals surface area contributed by atoms with E-state index in [1.165, 1.54) is 0 Å². The summed E-state index contributed by atoms with van der Waals surface area (Å²) in [5, 5.41) is -0.315. The van der Waals surface area contributed by atoms with Gasteiger partial charge in [0, 0.05) is 7.05 Å². The quantitative estimate of drug-likeness (QED) is 0.780. The number of benzene rings is 2. The molecule has 1 aliphatic heterocycles. The Morgan fingerprint density at radius 2 is 2.13 bits per heavy atom. The number of likely N-dealkylation sites (N-methyl/N-ethyl adjacent to an activating group) is 1. The second kappa shape index (κ2) is 6.69. The predicted molar refractivity (Wildman–Crippen MR) is 91.3 cm³/mol. The van der Waals surface area contributed by atoms with Crippen LogP contribution in [0.4, 0.5) is 5.69 Å². The van der Waals surface area contributed by atoms with Crippen molar-refractivity contribution in [2.75, 3.05) is 25.1 Å². The standard InChI is InChI=1S/C17H15Cl2NO3/c1-20-9-12(23-16-5-3-2-4-15(16)20)10-22-11-6-7-13(17(19)21)14(18)8-11/h2-8,12H,9-10H2,1H3/t12-/m0/s1. The molecule has 2 aromatic rings. The molecule has 0 aromatic heterocycles. The summed E-state index contributed by atoms with van der Waals surface area (Å²) in [7, 11) is 2.02. The molecule has 1 atom stereocenters. The molecule has 3 rings (SSSR count). The monoisotopic (exact) mass is 351 g/mol. The molecule has 120 valence electrons. The molecule has 0 N–H and O–H groups in total. The van der Waals surface area contributed by atoms with Gasteiger partial charge in [0.2, 0.25) is 0 Å². The van der Waals surface area contributed by atoms with Crippen molar-refractivity contribution in [2.45, 2.75) is 6.10 Å². The molecular weight excluding hydrogens is 337 g/mol. The lowest BCUT2D eigenvalue weighted by atomic mass is 10.2. The van der Waals surface area contributed by atoms with Crippen LogP contribution >= 0.6 is 23.2 Å². The van der Waals surface area contributed by atoms with Crippen LogP contribution in [0.15, 0.2) is 42.5 Å². The number of hydrogen-bond acceptors (Lipinski definition) is 4. The summed E-state index contributed by atoms with van der Waals surface area (Å²) >= 11 is 11.4. The topological polar surface area (TPSA) is 38.8 Å². The molecule has 0 amide bonds. The van der Waals surface area contributed by atoms with E-state index in [2.05, 4.69) is 4.90 Å². The molecule has 0 bridgehead atoms. The maximum atomic E-state index is 11.2. The molecule has 1 heterocycles. The summed E-state index contributed by atoms with van der Waals surface area (Å²) in [5.74, 6) is 1.41. The van der Waals surface area contributed by atoms with Gasteiger partial charge in [0.1, 0.15) is 24.2 Å². The normalized spacial score (nSPS) is 16.5. The average Bonchev–Trinajstić information content (AvgIpc) is 2.53. The van der Waals surface area contributed by atoms with Gasteiger partial charge in [0.05, 0.1) is 22.8 Å². The highest BCUT2D eigenvalue weighted by atomic mass is 35.5. The van der Waals surface area contributed by atoms with Crippen LogP contribution in [0.25, 0.3) is 0 Å². The maximum absolute atomic E-state index is 11.2. The highest BCUT2D eigenvalue weighted by molar-refractivity contribution is 6.68. The van der Waals surface area contributed by atoms with E-state index in [0.29, 0.717) is 12.4 Å². The molecular formula is C17H15Cl2NO3. The minimum Gasteiger partial charge on any atom is -0.490 e. The Bertz CT molecular complexity index is 736. The Morgan fingerprint density at radius 1 is 1.35 bits per heavy atom. The minimum atomic E-state index is -0.588. The molecule has 1 aliphatic rings. The van der Waals surface area contributed by atoms with Crippen LogP contribution < -0.4 is 14.4 Å². The summed E-state index contributed by atoms with van der Waals surface area (Å²) in [6.45, 7) is 1.10. The van der Waals surface area contributed by atoms with E-state index in [1.807, 2.05) is 31.3 Å². The Hall–Kier alpha value is -1.91. The fourth-order valence-corrected chi connectivity index (χ4v) is 2.98. The van der Waals surface area contributed by atoms with E-state index in [-0.39, 0.29) is 16.7 Å². The number of ether oxygens (including phenoxy) is 2. The average molecular weight is 352 g/mol. The molecule has 0 saturated heterocycles. The van der Waals surface area contributed by atoms with Gasteiger partial charge in [-0.2, -0.15) is 0 Å². The van der Waals surface area contributed by atoms with Gasteiger partial charge in [-0.05, 0) is 41.9 Å². The summed E-state index contributed by atoms with van der Waals surface area (Å²) in [6, 6.07) is 12.7. The lowest BCUT2D eigenvalue weighted by Crippen LogP contribution is -2.41. The van der Waals surface area contributed by atoms with Crippen molar-refractivity contribution < 1.29 is 14.3 Å². The molecule has 0 spiro atoms. The number of halogens is 2. The highest BCUT2D eigenvalue weighted by Crippen LogP contribution is 2.32. The smallest absolute Gasteiger partial charge is 0.253 e. The maximum Gasteiger partial charge on any atom is 0.253 e. The minimum absolute atomic E-state index is 0.0944. The Kier molecular flexibility index (Phi) is 4.64. The van der Waals surface area contributed by atoms with E-state index in [1.54, 1.807) is 18.2 Å². The van der Waals surface area contributed by atoms with Crippen molar-refractivity contribution in [3.8, 4) is 11.5 Å². The van der Waals surface area contributed by atoms with Gasteiger partial charge in [0.25, 0.3) is 5.24 Å². The number of carbonyl (C=O) groups is 1. The zero-order valence-electron chi connectivity index (χ0n) is 12.5. The summed E-state index contributed by atoms with van der Waals surface area (Å²) in [4.78, 5) is 13.3. The molecule has 0 fully saturated rings. The van der Waals surface area contributed by atoms with E-state index in [4.69, 9.17) is 32.7 Å². The molecule has 0 saturated carbocycles. The largest absolute Gasteiger partial charge is 0.490 e.